The number of benzene rings is 3. The second-order valence-electron chi connectivity index (χ2n) is 6.21. The lowest BCUT2D eigenvalue weighted by Gasteiger charge is -2.14. The maximum absolute atomic E-state index is 13.2. The standard InChI is InChI=1S/C23H18N2O3S/c1-27-19-15-9-8-14-18(19)22-24-25-23(28-22)29-21(17-12-6-3-7-13-17)20(26)16-10-4-2-5-11-16/h2-15,21H,1H3/t21-/m1/s1. The first-order valence-corrected chi connectivity index (χ1v) is 9.92. The van der Waals surface area contributed by atoms with Gasteiger partial charge in [-0.15, -0.1) is 10.2 Å². The molecule has 1 atom stereocenters. The van der Waals surface area contributed by atoms with Crippen LogP contribution in [0.2, 0.25) is 0 Å². The van der Waals surface area contributed by atoms with Gasteiger partial charge in [0.1, 0.15) is 11.0 Å². The summed E-state index contributed by atoms with van der Waals surface area (Å²) in [6.45, 7) is 0. The molecule has 0 radical (unpaired) electrons. The minimum absolute atomic E-state index is 0.0150. The zero-order chi connectivity index (χ0) is 20.1. The highest BCUT2D eigenvalue weighted by Gasteiger charge is 2.26. The van der Waals surface area contributed by atoms with Gasteiger partial charge in [0.05, 0.1) is 12.7 Å². The number of methoxy groups -OCH3 is 1. The molecule has 0 fully saturated rings. The molecule has 0 amide bonds. The number of thioether (sulfide) groups is 1. The van der Waals surface area contributed by atoms with Crippen LogP contribution in [0.15, 0.2) is 94.6 Å². The Bertz CT molecular complexity index is 1100. The molecule has 29 heavy (non-hydrogen) atoms. The Balaban J connectivity index is 1.65. The minimum Gasteiger partial charge on any atom is -0.496 e. The first-order chi connectivity index (χ1) is 14.3. The average molecular weight is 402 g/mol. The smallest absolute Gasteiger partial charge is 0.277 e. The lowest BCUT2D eigenvalue weighted by molar-refractivity contribution is 0.0989. The van der Waals surface area contributed by atoms with Crippen LogP contribution in [-0.4, -0.2) is 23.1 Å². The second-order valence-corrected chi connectivity index (χ2v) is 7.27. The van der Waals surface area contributed by atoms with Gasteiger partial charge in [0.25, 0.3) is 11.1 Å². The van der Waals surface area contributed by atoms with Gasteiger partial charge in [-0.25, -0.2) is 0 Å². The Labute approximate surface area is 172 Å². The van der Waals surface area contributed by atoms with E-state index in [0.29, 0.717) is 28.0 Å². The summed E-state index contributed by atoms with van der Waals surface area (Å²) in [6.07, 6.45) is 0. The van der Waals surface area contributed by atoms with E-state index in [0.717, 1.165) is 5.56 Å². The summed E-state index contributed by atoms with van der Waals surface area (Å²) in [5.74, 6) is 0.982. The number of carbonyl (C=O) groups is 1. The van der Waals surface area contributed by atoms with Crippen molar-refractivity contribution in [2.24, 2.45) is 0 Å². The van der Waals surface area contributed by atoms with Crippen molar-refractivity contribution in [2.75, 3.05) is 7.11 Å². The zero-order valence-corrected chi connectivity index (χ0v) is 16.5. The first-order valence-electron chi connectivity index (χ1n) is 9.04. The molecule has 0 N–H and O–H groups in total. The Morgan fingerprint density at radius 3 is 2.28 bits per heavy atom. The van der Waals surface area contributed by atoms with Gasteiger partial charge < -0.3 is 9.15 Å². The van der Waals surface area contributed by atoms with Gasteiger partial charge in [0.15, 0.2) is 5.78 Å². The highest BCUT2D eigenvalue weighted by Crippen LogP contribution is 2.39. The van der Waals surface area contributed by atoms with Crippen LogP contribution in [0.5, 0.6) is 5.75 Å². The third-order valence-electron chi connectivity index (χ3n) is 4.36. The zero-order valence-electron chi connectivity index (χ0n) is 15.7. The molecule has 0 saturated heterocycles. The lowest BCUT2D eigenvalue weighted by atomic mass is 10.0. The van der Waals surface area contributed by atoms with Crippen molar-refractivity contribution in [3.05, 3.63) is 96.1 Å². The molecule has 1 aromatic heterocycles. The number of aromatic nitrogens is 2. The Kier molecular flexibility index (Phi) is 5.72. The molecule has 0 aliphatic carbocycles. The third-order valence-corrected chi connectivity index (χ3v) is 5.45. The average Bonchev–Trinajstić information content (AvgIpc) is 3.26. The summed E-state index contributed by atoms with van der Waals surface area (Å²) in [5, 5.41) is 8.12. The minimum atomic E-state index is -0.496. The fourth-order valence-corrected chi connectivity index (χ4v) is 3.90. The van der Waals surface area contributed by atoms with E-state index in [2.05, 4.69) is 10.2 Å². The van der Waals surface area contributed by atoms with Gasteiger partial charge in [-0.05, 0) is 29.5 Å². The summed E-state index contributed by atoms with van der Waals surface area (Å²) in [4.78, 5) is 13.2. The molecule has 0 bridgehead atoms. The molecular weight excluding hydrogens is 384 g/mol. The number of hydrogen-bond acceptors (Lipinski definition) is 6. The van der Waals surface area contributed by atoms with Crippen molar-refractivity contribution in [2.45, 2.75) is 10.5 Å². The molecule has 0 aliphatic rings. The van der Waals surface area contributed by atoms with E-state index in [9.17, 15) is 4.79 Å². The van der Waals surface area contributed by atoms with Gasteiger partial charge >= 0.3 is 0 Å². The molecule has 0 spiro atoms. The van der Waals surface area contributed by atoms with Crippen LogP contribution >= 0.6 is 11.8 Å². The van der Waals surface area contributed by atoms with Crippen molar-refractivity contribution in [1.29, 1.82) is 0 Å². The summed E-state index contributed by atoms with van der Waals surface area (Å²) < 4.78 is 11.2. The van der Waals surface area contributed by atoms with E-state index in [1.807, 2.05) is 84.9 Å². The Morgan fingerprint density at radius 1 is 0.897 bits per heavy atom. The predicted octanol–water partition coefficient (Wildman–Crippen LogP) is 5.46. The monoisotopic (exact) mass is 402 g/mol. The SMILES string of the molecule is COc1ccccc1-c1nnc(S[C@@H](C(=O)c2ccccc2)c2ccccc2)o1. The number of rotatable bonds is 7. The van der Waals surface area contributed by atoms with Gasteiger partial charge in [-0.3, -0.25) is 4.79 Å². The van der Waals surface area contributed by atoms with E-state index in [1.165, 1.54) is 11.8 Å². The van der Waals surface area contributed by atoms with Crippen LogP contribution in [0.4, 0.5) is 0 Å². The normalized spacial score (nSPS) is 11.8. The molecule has 0 unspecified atom stereocenters. The number of hydrogen-bond donors (Lipinski definition) is 0. The molecule has 144 valence electrons. The number of ether oxygens (including phenoxy) is 1. The maximum atomic E-state index is 13.2. The largest absolute Gasteiger partial charge is 0.496 e. The number of ketones is 1. The molecule has 3 aromatic carbocycles. The number of Topliss-reactive ketones (excluding diaryl/α,β-unsaturated/α-hetero) is 1. The Morgan fingerprint density at radius 2 is 1.55 bits per heavy atom. The van der Waals surface area contributed by atoms with Crippen molar-refractivity contribution >= 4 is 17.5 Å². The topological polar surface area (TPSA) is 65.2 Å². The molecule has 6 heteroatoms. The second kappa shape index (κ2) is 8.75. The molecule has 4 rings (SSSR count). The van der Waals surface area contributed by atoms with Crippen molar-refractivity contribution in [3.63, 3.8) is 0 Å². The number of carbonyl (C=O) groups excluding carboxylic acids is 1. The van der Waals surface area contributed by atoms with Gasteiger partial charge in [-0.2, -0.15) is 0 Å². The first kappa shape index (κ1) is 19.0. The van der Waals surface area contributed by atoms with Crippen LogP contribution < -0.4 is 4.74 Å². The van der Waals surface area contributed by atoms with Crippen molar-refractivity contribution < 1.29 is 13.9 Å². The summed E-state index contributed by atoms with van der Waals surface area (Å²) in [7, 11) is 1.59. The highest BCUT2D eigenvalue weighted by molar-refractivity contribution is 8.00. The maximum Gasteiger partial charge on any atom is 0.277 e. The summed E-state index contributed by atoms with van der Waals surface area (Å²) in [6, 6.07) is 26.3. The lowest BCUT2D eigenvalue weighted by Crippen LogP contribution is -2.10. The van der Waals surface area contributed by atoms with E-state index in [4.69, 9.17) is 9.15 Å². The fraction of sp³-hybridized carbons (Fsp3) is 0.0870. The van der Waals surface area contributed by atoms with E-state index in [1.54, 1.807) is 7.11 Å². The summed E-state index contributed by atoms with van der Waals surface area (Å²) in [5.41, 5.74) is 2.22. The third kappa shape index (κ3) is 4.22. The van der Waals surface area contributed by atoms with Crippen molar-refractivity contribution in [1.82, 2.24) is 10.2 Å². The quantitative estimate of drug-likeness (QED) is 0.302. The van der Waals surface area contributed by atoms with Gasteiger partial charge in [0, 0.05) is 5.56 Å². The van der Waals surface area contributed by atoms with Gasteiger partial charge in [0.2, 0.25) is 0 Å². The van der Waals surface area contributed by atoms with E-state index >= 15 is 0 Å². The van der Waals surface area contributed by atoms with Crippen LogP contribution in [0.25, 0.3) is 11.5 Å². The van der Waals surface area contributed by atoms with E-state index < -0.39 is 5.25 Å². The molecule has 4 aromatic rings. The number of para-hydroxylation sites is 1. The molecular formula is C23H18N2O3S. The molecule has 5 nitrogen and oxygen atoms in total. The van der Waals surface area contributed by atoms with Crippen LogP contribution in [0.1, 0.15) is 21.2 Å². The summed E-state index contributed by atoms with van der Waals surface area (Å²) >= 11 is 1.24. The molecule has 0 saturated carbocycles. The fourth-order valence-electron chi connectivity index (χ4n) is 2.94. The highest BCUT2D eigenvalue weighted by atomic mass is 32.2. The Hall–Kier alpha value is -3.38. The van der Waals surface area contributed by atoms with Crippen LogP contribution in [-0.2, 0) is 0 Å². The van der Waals surface area contributed by atoms with E-state index in [-0.39, 0.29) is 5.78 Å². The van der Waals surface area contributed by atoms with Gasteiger partial charge in [-0.1, -0.05) is 72.8 Å². The molecule has 1 heterocycles. The van der Waals surface area contributed by atoms with Crippen LogP contribution in [0, 0.1) is 0 Å². The van der Waals surface area contributed by atoms with Crippen molar-refractivity contribution in [3.8, 4) is 17.2 Å². The van der Waals surface area contributed by atoms with Crippen LogP contribution in [0.3, 0.4) is 0 Å². The molecule has 0 aliphatic heterocycles. The number of nitrogens with zero attached hydrogens (tertiary/aromatic N) is 2. The predicted molar refractivity (Wildman–Crippen MR) is 112 cm³/mol.